The van der Waals surface area contributed by atoms with Crippen molar-refractivity contribution < 1.29 is 19.1 Å². The number of hydrogen-bond donors (Lipinski definition) is 2. The Hall–Kier alpha value is -4.18. The van der Waals surface area contributed by atoms with Crippen molar-refractivity contribution in [3.8, 4) is 5.75 Å². The molecule has 2 amide bonds. The third-order valence-corrected chi connectivity index (χ3v) is 6.80. The normalized spacial score (nSPS) is 13.6. The van der Waals surface area contributed by atoms with Gasteiger partial charge < -0.3 is 19.6 Å². The molecule has 2 aromatic heterocycles. The number of phenols is 1. The quantitative estimate of drug-likeness (QED) is 0.394. The predicted molar refractivity (Wildman–Crippen MR) is 135 cm³/mol. The van der Waals surface area contributed by atoms with E-state index in [4.69, 9.17) is 0 Å². The van der Waals surface area contributed by atoms with Crippen LogP contribution in [0.25, 0.3) is 10.9 Å². The van der Waals surface area contributed by atoms with E-state index in [1.165, 1.54) is 24.2 Å². The van der Waals surface area contributed by atoms with E-state index in [-0.39, 0.29) is 28.7 Å². The Labute approximate surface area is 210 Å². The molecule has 0 atom stereocenters. The van der Waals surface area contributed by atoms with E-state index in [2.05, 4.69) is 14.7 Å². The largest absolute Gasteiger partial charge is 0.507 e. The maximum absolute atomic E-state index is 13.4. The molecule has 1 aliphatic heterocycles. The van der Waals surface area contributed by atoms with E-state index >= 15 is 0 Å². The number of piperazine rings is 1. The molecule has 0 aliphatic carbocycles. The summed E-state index contributed by atoms with van der Waals surface area (Å²) in [7, 11) is 0. The van der Waals surface area contributed by atoms with Gasteiger partial charge in [0.15, 0.2) is 0 Å². The molecule has 0 radical (unpaired) electrons. The van der Waals surface area contributed by atoms with Crippen molar-refractivity contribution in [3.05, 3.63) is 90.1 Å². The molecule has 8 nitrogen and oxygen atoms in total. The van der Waals surface area contributed by atoms with E-state index in [1.54, 1.807) is 28.1 Å². The summed E-state index contributed by atoms with van der Waals surface area (Å²) in [5.41, 5.74) is 1.88. The lowest BCUT2D eigenvalue weighted by atomic mass is 10.1. The van der Waals surface area contributed by atoms with Crippen LogP contribution in [0.2, 0.25) is 0 Å². The minimum Gasteiger partial charge on any atom is -0.507 e. The molecule has 1 aliphatic rings. The number of rotatable bonds is 5. The van der Waals surface area contributed by atoms with Gasteiger partial charge in [-0.1, -0.05) is 18.2 Å². The molecule has 0 spiro atoms. The summed E-state index contributed by atoms with van der Waals surface area (Å²) in [6.45, 7) is 1.21. The standard InChI is InChI=1S/C26H22FN5O3S/c27-19-13-18(15-28-16-19)25(34)31-9-11-32(12-10-31)26(35)21-7-6-20(14-22(21)33)30-36-23-5-1-3-17-4-2-8-29-24(17)23/h1-8,13-16,30,33H,9-12H2. The lowest BCUT2D eigenvalue weighted by Crippen LogP contribution is -2.50. The number of phenolic OH excluding ortho intramolecular Hbond substituents is 1. The third kappa shape index (κ3) is 4.94. The molecule has 10 heteroatoms. The number of nitrogens with one attached hydrogen (secondary N) is 1. The Kier molecular flexibility index (Phi) is 6.68. The number of benzene rings is 2. The number of fused-ring (bicyclic) bond motifs is 1. The number of pyridine rings is 2. The van der Waals surface area contributed by atoms with Crippen molar-refractivity contribution >= 4 is 40.4 Å². The molecule has 182 valence electrons. The molecule has 2 aromatic carbocycles. The van der Waals surface area contributed by atoms with Gasteiger partial charge in [0.1, 0.15) is 11.6 Å². The van der Waals surface area contributed by atoms with Crippen LogP contribution in [0.5, 0.6) is 5.75 Å². The zero-order valence-electron chi connectivity index (χ0n) is 19.1. The molecule has 0 bridgehead atoms. The van der Waals surface area contributed by atoms with Gasteiger partial charge in [0.25, 0.3) is 11.8 Å². The van der Waals surface area contributed by atoms with Crippen molar-refractivity contribution in [1.82, 2.24) is 19.8 Å². The maximum Gasteiger partial charge on any atom is 0.257 e. The van der Waals surface area contributed by atoms with Gasteiger partial charge in [0.2, 0.25) is 0 Å². The van der Waals surface area contributed by atoms with Gasteiger partial charge in [-0.3, -0.25) is 19.6 Å². The molecular formula is C26H22FN5O3S. The van der Waals surface area contributed by atoms with Crippen LogP contribution in [0.15, 0.2) is 78.1 Å². The van der Waals surface area contributed by atoms with Gasteiger partial charge in [0.05, 0.1) is 27.7 Å². The van der Waals surface area contributed by atoms with Crippen molar-refractivity contribution in [2.45, 2.75) is 4.90 Å². The number of halogens is 1. The average Bonchev–Trinajstić information content (AvgIpc) is 2.91. The second kappa shape index (κ2) is 10.2. The fourth-order valence-electron chi connectivity index (χ4n) is 4.04. The number of hydrogen-bond acceptors (Lipinski definition) is 7. The fraction of sp³-hybridized carbons (Fsp3) is 0.154. The van der Waals surface area contributed by atoms with E-state index in [9.17, 15) is 19.1 Å². The molecule has 36 heavy (non-hydrogen) atoms. The molecule has 0 unspecified atom stereocenters. The Morgan fingerprint density at radius 3 is 2.44 bits per heavy atom. The van der Waals surface area contributed by atoms with Crippen LogP contribution in [0.4, 0.5) is 10.1 Å². The first kappa shape index (κ1) is 23.6. The predicted octanol–water partition coefficient (Wildman–Crippen LogP) is 4.19. The van der Waals surface area contributed by atoms with E-state index in [0.717, 1.165) is 28.1 Å². The highest BCUT2D eigenvalue weighted by molar-refractivity contribution is 8.00. The first-order valence-electron chi connectivity index (χ1n) is 11.3. The zero-order chi connectivity index (χ0) is 25.1. The van der Waals surface area contributed by atoms with E-state index in [0.29, 0.717) is 31.9 Å². The van der Waals surface area contributed by atoms with Crippen LogP contribution in [0.3, 0.4) is 0 Å². The summed E-state index contributed by atoms with van der Waals surface area (Å²) < 4.78 is 16.6. The Morgan fingerprint density at radius 1 is 0.944 bits per heavy atom. The Bertz CT molecular complexity index is 1440. The summed E-state index contributed by atoms with van der Waals surface area (Å²) in [6, 6.07) is 15.8. The van der Waals surface area contributed by atoms with Crippen molar-refractivity contribution in [2.24, 2.45) is 0 Å². The Morgan fingerprint density at radius 2 is 1.69 bits per heavy atom. The third-order valence-electron chi connectivity index (χ3n) is 5.91. The lowest BCUT2D eigenvalue weighted by Gasteiger charge is -2.35. The second-order valence-electron chi connectivity index (χ2n) is 8.24. The highest BCUT2D eigenvalue weighted by atomic mass is 32.2. The molecule has 4 aromatic rings. The first-order valence-corrected chi connectivity index (χ1v) is 12.1. The molecule has 1 fully saturated rings. The SMILES string of the molecule is O=C(c1cncc(F)c1)N1CCN(C(=O)c2ccc(NSc3cccc4cccnc34)cc2O)CC1. The average molecular weight is 504 g/mol. The van der Waals surface area contributed by atoms with Gasteiger partial charge in [-0.05, 0) is 42.3 Å². The van der Waals surface area contributed by atoms with Gasteiger partial charge in [-0.2, -0.15) is 0 Å². The molecule has 0 saturated carbocycles. The molecule has 2 N–H and O–H groups in total. The van der Waals surface area contributed by atoms with Crippen LogP contribution in [0, 0.1) is 5.82 Å². The molecule has 3 heterocycles. The van der Waals surface area contributed by atoms with Gasteiger partial charge in [0, 0.05) is 55.7 Å². The minimum absolute atomic E-state index is 0.133. The monoisotopic (exact) mass is 503 g/mol. The molecule has 1 saturated heterocycles. The van der Waals surface area contributed by atoms with Crippen molar-refractivity contribution in [1.29, 1.82) is 0 Å². The van der Waals surface area contributed by atoms with Crippen LogP contribution >= 0.6 is 11.9 Å². The lowest BCUT2D eigenvalue weighted by molar-refractivity contribution is 0.0533. The zero-order valence-corrected chi connectivity index (χ0v) is 19.9. The highest BCUT2D eigenvalue weighted by Gasteiger charge is 2.27. The molecular weight excluding hydrogens is 481 g/mol. The number of aromatic nitrogens is 2. The minimum atomic E-state index is -0.574. The summed E-state index contributed by atoms with van der Waals surface area (Å²) in [4.78, 5) is 37.8. The topological polar surface area (TPSA) is 98.7 Å². The van der Waals surface area contributed by atoms with Crippen LogP contribution in [0.1, 0.15) is 20.7 Å². The maximum atomic E-state index is 13.4. The van der Waals surface area contributed by atoms with Crippen LogP contribution in [-0.2, 0) is 0 Å². The van der Waals surface area contributed by atoms with Crippen LogP contribution < -0.4 is 4.72 Å². The number of anilines is 1. The summed E-state index contributed by atoms with van der Waals surface area (Å²) in [5.74, 6) is -1.35. The summed E-state index contributed by atoms with van der Waals surface area (Å²) in [6.07, 6.45) is 4.11. The Balaban J connectivity index is 1.21. The first-order chi connectivity index (χ1) is 17.5. The number of carbonyl (C=O) groups is 2. The number of nitrogens with zero attached hydrogens (tertiary/aromatic N) is 4. The van der Waals surface area contributed by atoms with Crippen LogP contribution in [-0.4, -0.2) is 62.9 Å². The second-order valence-corrected chi connectivity index (χ2v) is 9.09. The summed E-state index contributed by atoms with van der Waals surface area (Å²) in [5, 5.41) is 11.6. The van der Waals surface area contributed by atoms with Crippen molar-refractivity contribution in [2.75, 3.05) is 30.9 Å². The highest BCUT2D eigenvalue weighted by Crippen LogP contribution is 2.30. The number of aromatic hydroxyl groups is 1. The number of para-hydroxylation sites is 1. The summed E-state index contributed by atoms with van der Waals surface area (Å²) >= 11 is 1.37. The number of amides is 2. The van der Waals surface area contributed by atoms with Gasteiger partial charge in [-0.15, -0.1) is 0 Å². The van der Waals surface area contributed by atoms with Gasteiger partial charge in [-0.25, -0.2) is 4.39 Å². The van der Waals surface area contributed by atoms with Gasteiger partial charge >= 0.3 is 0 Å². The smallest absolute Gasteiger partial charge is 0.257 e. The number of carbonyl (C=O) groups excluding carboxylic acids is 2. The van der Waals surface area contributed by atoms with E-state index < -0.39 is 5.82 Å². The fourth-order valence-corrected chi connectivity index (χ4v) is 4.81. The van der Waals surface area contributed by atoms with E-state index in [1.807, 2.05) is 30.3 Å². The van der Waals surface area contributed by atoms with Crippen molar-refractivity contribution in [3.63, 3.8) is 0 Å². The molecule has 5 rings (SSSR count).